The van der Waals surface area contributed by atoms with Crippen molar-refractivity contribution in [1.82, 2.24) is 15.0 Å². The third-order valence-electron chi connectivity index (χ3n) is 1.84. The highest BCUT2D eigenvalue weighted by atomic mass is 32.1. The van der Waals surface area contributed by atoms with E-state index in [4.69, 9.17) is 5.73 Å². The highest BCUT2D eigenvalue weighted by molar-refractivity contribution is 7.15. The minimum Gasteiger partial charge on any atom is -0.325 e. The third kappa shape index (κ3) is 1.64. The molecule has 0 saturated heterocycles. The first kappa shape index (κ1) is 9.23. The molecule has 0 unspecified atom stereocenters. The molecule has 2 rings (SSSR count). The van der Waals surface area contributed by atoms with Gasteiger partial charge >= 0.3 is 0 Å². The third-order valence-corrected chi connectivity index (χ3v) is 3.07. The van der Waals surface area contributed by atoms with Gasteiger partial charge in [0, 0.05) is 24.5 Å². The molecular weight excluding hydrogens is 196 g/mol. The topological polar surface area (TPSA) is 64.7 Å². The molecule has 0 spiro atoms. The molecular formula is C9H10N4S. The maximum atomic E-state index is 5.53. The zero-order chi connectivity index (χ0) is 9.97. The van der Waals surface area contributed by atoms with Crippen molar-refractivity contribution in [3.8, 4) is 10.4 Å². The Balaban J connectivity index is 2.46. The number of hydrogen-bond donors (Lipinski definition) is 1. The molecule has 14 heavy (non-hydrogen) atoms. The monoisotopic (exact) mass is 206 g/mol. The summed E-state index contributed by atoms with van der Waals surface area (Å²) < 4.78 is 0. The lowest BCUT2D eigenvalue weighted by molar-refractivity contribution is 1.02. The molecule has 0 bridgehead atoms. The van der Waals surface area contributed by atoms with Crippen LogP contribution in [-0.2, 0) is 6.54 Å². The molecule has 0 aliphatic rings. The van der Waals surface area contributed by atoms with Gasteiger partial charge in [-0.2, -0.15) is 0 Å². The van der Waals surface area contributed by atoms with Crippen LogP contribution < -0.4 is 5.73 Å². The average molecular weight is 206 g/mol. The quantitative estimate of drug-likeness (QED) is 0.806. The Morgan fingerprint density at radius 2 is 2.07 bits per heavy atom. The zero-order valence-electron chi connectivity index (χ0n) is 7.77. The molecule has 0 amide bonds. The van der Waals surface area contributed by atoms with Crippen LogP contribution in [0.3, 0.4) is 0 Å². The molecule has 0 aliphatic heterocycles. The molecule has 0 aromatic carbocycles. The normalized spacial score (nSPS) is 10.4. The molecule has 5 heteroatoms. The lowest BCUT2D eigenvalue weighted by Crippen LogP contribution is -1.94. The minimum absolute atomic E-state index is 0.485. The maximum Gasteiger partial charge on any atom is 0.115 e. The number of aromatic nitrogens is 3. The van der Waals surface area contributed by atoms with Gasteiger partial charge in [0.15, 0.2) is 0 Å². The van der Waals surface area contributed by atoms with Crippen LogP contribution in [0.1, 0.15) is 10.7 Å². The Morgan fingerprint density at radius 3 is 2.64 bits per heavy atom. The van der Waals surface area contributed by atoms with Gasteiger partial charge in [-0.05, 0) is 6.92 Å². The second kappa shape index (κ2) is 3.81. The van der Waals surface area contributed by atoms with Crippen molar-refractivity contribution in [3.05, 3.63) is 29.4 Å². The number of rotatable bonds is 2. The van der Waals surface area contributed by atoms with Crippen molar-refractivity contribution < 1.29 is 0 Å². The summed E-state index contributed by atoms with van der Waals surface area (Å²) in [6.45, 7) is 2.46. The van der Waals surface area contributed by atoms with E-state index < -0.39 is 0 Å². The number of hydrogen-bond acceptors (Lipinski definition) is 5. The summed E-state index contributed by atoms with van der Waals surface area (Å²) in [5.74, 6) is 0. The van der Waals surface area contributed by atoms with Crippen LogP contribution in [0.5, 0.6) is 0 Å². The Bertz CT molecular complexity index is 424. The summed E-state index contributed by atoms with van der Waals surface area (Å²) in [6, 6.07) is 0. The number of nitrogens with two attached hydrogens (primary N) is 1. The lowest BCUT2D eigenvalue weighted by atomic mass is 10.2. The van der Waals surface area contributed by atoms with Gasteiger partial charge in [0.05, 0.1) is 10.6 Å². The fraction of sp³-hybridized carbons (Fsp3) is 0.222. The van der Waals surface area contributed by atoms with Crippen molar-refractivity contribution in [1.29, 1.82) is 0 Å². The van der Waals surface area contributed by atoms with Crippen LogP contribution in [0, 0.1) is 6.92 Å². The Kier molecular flexibility index (Phi) is 2.51. The summed E-state index contributed by atoms with van der Waals surface area (Å²) in [5, 5.41) is 0.946. The van der Waals surface area contributed by atoms with E-state index in [9.17, 15) is 0 Å². The van der Waals surface area contributed by atoms with Gasteiger partial charge in [0.25, 0.3) is 0 Å². The van der Waals surface area contributed by atoms with E-state index >= 15 is 0 Å². The van der Waals surface area contributed by atoms with Gasteiger partial charge in [0.2, 0.25) is 0 Å². The fourth-order valence-corrected chi connectivity index (χ4v) is 2.14. The lowest BCUT2D eigenvalue weighted by Gasteiger charge is -1.94. The van der Waals surface area contributed by atoms with Gasteiger partial charge in [0.1, 0.15) is 11.3 Å². The molecule has 0 atom stereocenters. The van der Waals surface area contributed by atoms with E-state index in [1.807, 2.05) is 6.92 Å². The molecule has 2 aromatic rings. The fourth-order valence-electron chi connectivity index (χ4n) is 1.22. The van der Waals surface area contributed by atoms with Crippen LogP contribution in [0.2, 0.25) is 0 Å². The van der Waals surface area contributed by atoms with E-state index in [-0.39, 0.29) is 0 Å². The highest BCUT2D eigenvalue weighted by Crippen LogP contribution is 2.28. The standard InChI is InChI=1S/C9H10N4S/c1-6-9(14-8(2-10)13-6)7-3-11-5-12-4-7/h3-5H,2,10H2,1H3. The molecule has 2 N–H and O–H groups in total. The zero-order valence-corrected chi connectivity index (χ0v) is 8.58. The molecule has 2 aromatic heterocycles. The van der Waals surface area contributed by atoms with E-state index in [0.717, 1.165) is 21.1 Å². The van der Waals surface area contributed by atoms with Crippen LogP contribution in [0.4, 0.5) is 0 Å². The summed E-state index contributed by atoms with van der Waals surface area (Å²) in [7, 11) is 0. The van der Waals surface area contributed by atoms with Crippen molar-refractivity contribution in [2.45, 2.75) is 13.5 Å². The van der Waals surface area contributed by atoms with Gasteiger partial charge in [-0.3, -0.25) is 0 Å². The predicted molar refractivity (Wildman–Crippen MR) is 55.8 cm³/mol. The predicted octanol–water partition coefficient (Wildman–Crippen LogP) is 1.37. The van der Waals surface area contributed by atoms with Crippen LogP contribution >= 0.6 is 11.3 Å². The van der Waals surface area contributed by atoms with E-state index in [2.05, 4.69) is 15.0 Å². The van der Waals surface area contributed by atoms with E-state index in [0.29, 0.717) is 6.54 Å². The molecule has 2 heterocycles. The van der Waals surface area contributed by atoms with Crippen molar-refractivity contribution >= 4 is 11.3 Å². The first-order valence-electron chi connectivity index (χ1n) is 4.23. The van der Waals surface area contributed by atoms with Crippen molar-refractivity contribution in [2.75, 3.05) is 0 Å². The summed E-state index contributed by atoms with van der Waals surface area (Å²) in [6.07, 6.45) is 5.09. The molecule has 0 aliphatic carbocycles. The highest BCUT2D eigenvalue weighted by Gasteiger charge is 2.08. The molecule has 0 fully saturated rings. The second-order valence-corrected chi connectivity index (χ2v) is 3.94. The minimum atomic E-state index is 0.485. The van der Waals surface area contributed by atoms with Crippen LogP contribution in [-0.4, -0.2) is 15.0 Å². The maximum absolute atomic E-state index is 5.53. The largest absolute Gasteiger partial charge is 0.325 e. The first-order chi connectivity index (χ1) is 6.81. The number of nitrogens with zero attached hydrogens (tertiary/aromatic N) is 3. The Labute approximate surface area is 85.9 Å². The number of thiazole rings is 1. The summed E-state index contributed by atoms with van der Waals surface area (Å²) >= 11 is 1.60. The van der Waals surface area contributed by atoms with Gasteiger partial charge in [-0.1, -0.05) is 0 Å². The van der Waals surface area contributed by atoms with Crippen LogP contribution in [0.25, 0.3) is 10.4 Å². The van der Waals surface area contributed by atoms with E-state index in [1.54, 1.807) is 23.7 Å². The van der Waals surface area contributed by atoms with Crippen LogP contribution in [0.15, 0.2) is 18.7 Å². The van der Waals surface area contributed by atoms with Crippen molar-refractivity contribution in [2.24, 2.45) is 5.73 Å². The summed E-state index contributed by atoms with van der Waals surface area (Å²) in [5.41, 5.74) is 7.52. The first-order valence-corrected chi connectivity index (χ1v) is 5.04. The van der Waals surface area contributed by atoms with Gasteiger partial charge < -0.3 is 5.73 Å². The smallest absolute Gasteiger partial charge is 0.115 e. The van der Waals surface area contributed by atoms with Gasteiger partial charge in [-0.25, -0.2) is 15.0 Å². The Morgan fingerprint density at radius 1 is 1.36 bits per heavy atom. The van der Waals surface area contributed by atoms with E-state index in [1.165, 1.54) is 6.33 Å². The second-order valence-electron chi connectivity index (χ2n) is 2.85. The average Bonchev–Trinajstić information content (AvgIpc) is 2.61. The molecule has 72 valence electrons. The molecule has 0 saturated carbocycles. The summed E-state index contributed by atoms with van der Waals surface area (Å²) in [4.78, 5) is 13.4. The van der Waals surface area contributed by atoms with Crippen molar-refractivity contribution in [3.63, 3.8) is 0 Å². The Hall–Kier alpha value is -1.33. The molecule has 4 nitrogen and oxygen atoms in total. The number of aryl methyl sites for hydroxylation is 1. The van der Waals surface area contributed by atoms with Gasteiger partial charge in [-0.15, -0.1) is 11.3 Å². The molecule has 0 radical (unpaired) electrons. The SMILES string of the molecule is Cc1nc(CN)sc1-c1cncnc1.